The Hall–Kier alpha value is -3.65. The van der Waals surface area contributed by atoms with Crippen LogP contribution < -0.4 is 15.4 Å². The lowest BCUT2D eigenvalue weighted by Gasteiger charge is -2.22. The molecule has 190 valence electrons. The molecule has 1 amide bonds. The lowest BCUT2D eigenvalue weighted by atomic mass is 9.93. The highest BCUT2D eigenvalue weighted by molar-refractivity contribution is 7.19. The number of methoxy groups -OCH3 is 1. The van der Waals surface area contributed by atoms with Crippen LogP contribution in [0.3, 0.4) is 0 Å². The first-order valence-electron chi connectivity index (χ1n) is 10.7. The number of hydrogen-bond donors (Lipinski definition) is 2. The molecule has 9 nitrogen and oxygen atoms in total. The molecule has 2 heterocycles. The predicted molar refractivity (Wildman–Crippen MR) is 123 cm³/mol. The van der Waals surface area contributed by atoms with Crippen molar-refractivity contribution < 1.29 is 31.8 Å². The average molecular weight is 525 g/mol. The Balaban J connectivity index is 1.38. The highest BCUT2D eigenvalue weighted by atomic mass is 32.1. The summed E-state index contributed by atoms with van der Waals surface area (Å²) in [5.74, 6) is -2.45. The molecule has 2 aromatic heterocycles. The molecule has 1 aromatic carbocycles. The molecule has 0 saturated carbocycles. The SMILES string of the molecule is CO[C@H](C(=O)Nc1nnc(N[C@@H]2CC=C(c3cccnn3)CC2)s1)c1cc(OC(F)(F)F)ccc1F. The Morgan fingerprint density at radius 2 is 2.00 bits per heavy atom. The maximum Gasteiger partial charge on any atom is 0.573 e. The molecule has 0 bridgehead atoms. The number of carbonyl (C=O) groups excluding carboxylic acids is 1. The number of alkyl halides is 3. The Morgan fingerprint density at radius 1 is 1.19 bits per heavy atom. The Bertz CT molecular complexity index is 1240. The van der Waals surface area contributed by atoms with Crippen LogP contribution in [0.4, 0.5) is 27.8 Å². The molecular weight excluding hydrogens is 504 g/mol. The number of rotatable bonds is 8. The average Bonchev–Trinajstić information content (AvgIpc) is 3.28. The van der Waals surface area contributed by atoms with Crippen molar-refractivity contribution in [2.75, 3.05) is 17.7 Å². The van der Waals surface area contributed by atoms with Gasteiger partial charge >= 0.3 is 6.36 Å². The standard InChI is InChI=1S/C22H20F4N6O3S/c1-34-18(15-11-14(8-9-16(15)23)35-22(24,25)26)19(33)29-21-32-31-20(36-21)28-13-6-4-12(5-7-13)17-3-2-10-27-30-17/h2-4,8-11,13,18H,5-7H2,1H3,(H,28,31)(H,29,32,33)/t13-,18+/m1/s1. The van der Waals surface area contributed by atoms with Gasteiger partial charge in [0.25, 0.3) is 5.91 Å². The maximum absolute atomic E-state index is 14.3. The number of anilines is 2. The number of allylic oxidation sites excluding steroid dienone is 1. The molecule has 0 unspecified atom stereocenters. The second-order valence-electron chi connectivity index (χ2n) is 7.70. The van der Waals surface area contributed by atoms with Crippen molar-refractivity contribution in [1.82, 2.24) is 20.4 Å². The van der Waals surface area contributed by atoms with Crippen LogP contribution in [0, 0.1) is 5.82 Å². The highest BCUT2D eigenvalue weighted by Crippen LogP contribution is 2.31. The summed E-state index contributed by atoms with van der Waals surface area (Å²) in [5.41, 5.74) is 1.54. The fraction of sp³-hybridized carbons (Fsp3) is 0.318. The molecule has 1 aliphatic carbocycles. The van der Waals surface area contributed by atoms with Gasteiger partial charge < -0.3 is 14.8 Å². The fourth-order valence-electron chi connectivity index (χ4n) is 3.64. The number of nitrogens with zero attached hydrogens (tertiary/aromatic N) is 4. The van der Waals surface area contributed by atoms with E-state index in [9.17, 15) is 22.4 Å². The smallest absolute Gasteiger partial charge is 0.406 e. The fourth-order valence-corrected chi connectivity index (χ4v) is 4.37. The first-order chi connectivity index (χ1) is 17.2. The monoisotopic (exact) mass is 524 g/mol. The third-order valence-corrected chi connectivity index (χ3v) is 6.02. The van der Waals surface area contributed by atoms with E-state index >= 15 is 0 Å². The van der Waals surface area contributed by atoms with E-state index in [-0.39, 0.29) is 11.2 Å². The molecule has 0 fully saturated rings. The molecule has 0 spiro atoms. The van der Waals surface area contributed by atoms with Crippen LogP contribution in [0.25, 0.3) is 5.57 Å². The summed E-state index contributed by atoms with van der Waals surface area (Å²) in [4.78, 5) is 12.7. The van der Waals surface area contributed by atoms with E-state index in [1.807, 2.05) is 12.1 Å². The highest BCUT2D eigenvalue weighted by Gasteiger charge is 2.32. The molecule has 0 aliphatic heterocycles. The predicted octanol–water partition coefficient (Wildman–Crippen LogP) is 4.74. The Labute approximate surface area is 206 Å². The van der Waals surface area contributed by atoms with Gasteiger partial charge in [-0.2, -0.15) is 10.2 Å². The minimum atomic E-state index is -4.97. The van der Waals surface area contributed by atoms with Gasteiger partial charge in [-0.1, -0.05) is 17.4 Å². The van der Waals surface area contributed by atoms with Crippen molar-refractivity contribution in [3.05, 3.63) is 59.7 Å². The number of aromatic nitrogens is 4. The summed E-state index contributed by atoms with van der Waals surface area (Å²) in [6.07, 6.45) is -0.459. The summed E-state index contributed by atoms with van der Waals surface area (Å²) in [5, 5.41) is 22.2. The van der Waals surface area contributed by atoms with E-state index in [1.54, 1.807) is 6.20 Å². The second kappa shape index (κ2) is 11.0. The van der Waals surface area contributed by atoms with E-state index in [2.05, 4.69) is 41.8 Å². The van der Waals surface area contributed by atoms with Crippen molar-refractivity contribution in [2.24, 2.45) is 0 Å². The molecule has 0 saturated heterocycles. The number of hydrogen-bond acceptors (Lipinski definition) is 9. The van der Waals surface area contributed by atoms with Crippen molar-refractivity contribution in [2.45, 2.75) is 37.8 Å². The number of amides is 1. The van der Waals surface area contributed by atoms with Crippen LogP contribution in [0.1, 0.15) is 36.6 Å². The zero-order valence-corrected chi connectivity index (χ0v) is 19.6. The zero-order valence-electron chi connectivity index (χ0n) is 18.8. The van der Waals surface area contributed by atoms with Crippen LogP contribution >= 0.6 is 11.3 Å². The van der Waals surface area contributed by atoms with Gasteiger partial charge in [0, 0.05) is 24.9 Å². The largest absolute Gasteiger partial charge is 0.573 e. The van der Waals surface area contributed by atoms with Crippen molar-refractivity contribution in [1.29, 1.82) is 0 Å². The second-order valence-corrected chi connectivity index (χ2v) is 8.68. The van der Waals surface area contributed by atoms with Gasteiger partial charge in [-0.05, 0) is 55.2 Å². The summed E-state index contributed by atoms with van der Waals surface area (Å²) < 4.78 is 60.7. The number of nitrogens with one attached hydrogen (secondary N) is 2. The Kier molecular flexibility index (Phi) is 7.74. The summed E-state index contributed by atoms with van der Waals surface area (Å²) >= 11 is 1.06. The summed E-state index contributed by atoms with van der Waals surface area (Å²) in [6, 6.07) is 6.16. The normalized spacial score (nSPS) is 16.7. The van der Waals surface area contributed by atoms with E-state index < -0.39 is 35.5 Å². The molecule has 3 aromatic rings. The molecule has 36 heavy (non-hydrogen) atoms. The third kappa shape index (κ3) is 6.51. The Morgan fingerprint density at radius 3 is 2.67 bits per heavy atom. The van der Waals surface area contributed by atoms with Crippen LogP contribution in [0.5, 0.6) is 5.75 Å². The van der Waals surface area contributed by atoms with Gasteiger partial charge in [0.15, 0.2) is 6.10 Å². The number of carbonyl (C=O) groups is 1. The van der Waals surface area contributed by atoms with Gasteiger partial charge in [0.05, 0.1) is 5.69 Å². The lowest BCUT2D eigenvalue weighted by Crippen LogP contribution is -2.24. The van der Waals surface area contributed by atoms with Crippen LogP contribution in [-0.2, 0) is 9.53 Å². The van der Waals surface area contributed by atoms with Gasteiger partial charge in [-0.3, -0.25) is 10.1 Å². The van der Waals surface area contributed by atoms with Crippen LogP contribution in [0.2, 0.25) is 0 Å². The molecule has 2 atom stereocenters. The number of ether oxygens (including phenoxy) is 2. The number of halogens is 4. The topological polar surface area (TPSA) is 111 Å². The first kappa shape index (κ1) is 25.4. The minimum Gasteiger partial charge on any atom is -0.406 e. The summed E-state index contributed by atoms with van der Waals surface area (Å²) in [7, 11) is 1.12. The quantitative estimate of drug-likeness (QED) is 0.407. The van der Waals surface area contributed by atoms with Gasteiger partial charge in [-0.15, -0.1) is 23.4 Å². The molecular formula is C22H20F4N6O3S. The van der Waals surface area contributed by atoms with Gasteiger partial charge in [0.1, 0.15) is 11.6 Å². The van der Waals surface area contributed by atoms with Crippen molar-refractivity contribution in [3.8, 4) is 5.75 Å². The van der Waals surface area contributed by atoms with Gasteiger partial charge in [-0.25, -0.2) is 4.39 Å². The maximum atomic E-state index is 14.3. The first-order valence-corrected chi connectivity index (χ1v) is 11.5. The van der Waals surface area contributed by atoms with E-state index in [4.69, 9.17) is 4.74 Å². The number of benzene rings is 1. The lowest BCUT2D eigenvalue weighted by molar-refractivity contribution is -0.274. The minimum absolute atomic E-state index is 0.0964. The molecule has 14 heteroatoms. The van der Waals surface area contributed by atoms with E-state index in [1.165, 1.54) is 0 Å². The van der Waals surface area contributed by atoms with E-state index in [0.29, 0.717) is 5.13 Å². The summed E-state index contributed by atoms with van der Waals surface area (Å²) in [6.45, 7) is 0. The molecule has 4 rings (SSSR count). The van der Waals surface area contributed by atoms with Gasteiger partial charge in [0.2, 0.25) is 10.3 Å². The molecule has 2 N–H and O–H groups in total. The van der Waals surface area contributed by atoms with Crippen LogP contribution in [0.15, 0.2) is 42.6 Å². The third-order valence-electron chi connectivity index (χ3n) is 5.25. The van der Waals surface area contributed by atoms with Crippen molar-refractivity contribution in [3.63, 3.8) is 0 Å². The van der Waals surface area contributed by atoms with E-state index in [0.717, 1.165) is 67.2 Å². The molecule has 0 radical (unpaired) electrons. The van der Waals surface area contributed by atoms with Crippen LogP contribution in [-0.4, -0.2) is 45.8 Å². The molecule has 1 aliphatic rings. The zero-order chi connectivity index (χ0) is 25.7. The van der Waals surface area contributed by atoms with Crippen molar-refractivity contribution >= 4 is 33.1 Å².